The van der Waals surface area contributed by atoms with Gasteiger partial charge in [0.15, 0.2) is 0 Å². The molecule has 5 rings (SSSR count). The molecule has 6 heteroatoms. The Bertz CT molecular complexity index is 963. The Hall–Kier alpha value is -2.44. The highest BCUT2D eigenvalue weighted by molar-refractivity contribution is 7.11. The molecule has 1 fully saturated rings. The van der Waals surface area contributed by atoms with Crippen LogP contribution in [0.1, 0.15) is 31.8 Å². The van der Waals surface area contributed by atoms with Crippen molar-refractivity contribution in [1.82, 2.24) is 19.4 Å². The van der Waals surface area contributed by atoms with E-state index in [2.05, 4.69) is 44.6 Å². The van der Waals surface area contributed by atoms with E-state index >= 15 is 0 Å². The zero-order valence-electron chi connectivity index (χ0n) is 15.3. The van der Waals surface area contributed by atoms with Gasteiger partial charge in [-0.25, -0.2) is 0 Å². The summed E-state index contributed by atoms with van der Waals surface area (Å²) in [6.07, 6.45) is 5.69. The van der Waals surface area contributed by atoms with Crippen molar-refractivity contribution >= 4 is 17.2 Å². The van der Waals surface area contributed by atoms with Crippen molar-refractivity contribution in [3.63, 3.8) is 0 Å². The number of aryl methyl sites for hydroxylation is 1. The van der Waals surface area contributed by atoms with Crippen LogP contribution in [0.3, 0.4) is 0 Å². The van der Waals surface area contributed by atoms with Gasteiger partial charge in [-0.1, -0.05) is 6.07 Å². The molecule has 27 heavy (non-hydrogen) atoms. The average molecular weight is 379 g/mol. The smallest absolute Gasteiger partial charge is 0.271 e. The first-order valence-electron chi connectivity index (χ1n) is 9.33. The molecule has 2 atom stereocenters. The molecule has 1 saturated heterocycles. The molecule has 1 amide bonds. The summed E-state index contributed by atoms with van der Waals surface area (Å²) in [4.78, 5) is 24.7. The SMILES string of the molecule is Cc1ccc(CN2CC3C(C2)n2cccc2C(=O)N3Cc2cccnc2)s1. The molecule has 5 heterocycles. The van der Waals surface area contributed by atoms with E-state index < -0.39 is 0 Å². The summed E-state index contributed by atoms with van der Waals surface area (Å²) in [6.45, 7) is 5.60. The highest BCUT2D eigenvalue weighted by Crippen LogP contribution is 2.35. The van der Waals surface area contributed by atoms with Crippen molar-refractivity contribution in [3.8, 4) is 0 Å². The third kappa shape index (κ3) is 2.99. The number of hydrogen-bond donors (Lipinski definition) is 0. The molecule has 2 unspecified atom stereocenters. The number of carbonyl (C=O) groups excluding carboxylic acids is 1. The number of carbonyl (C=O) groups is 1. The zero-order chi connectivity index (χ0) is 18.4. The number of nitrogens with zero attached hydrogens (tertiary/aromatic N) is 4. The number of likely N-dealkylation sites (tertiary alicyclic amines) is 1. The van der Waals surface area contributed by atoms with Gasteiger partial charge in [0.05, 0.1) is 12.1 Å². The Morgan fingerprint density at radius 1 is 1.11 bits per heavy atom. The van der Waals surface area contributed by atoms with Crippen LogP contribution in [0.4, 0.5) is 0 Å². The second kappa shape index (κ2) is 6.62. The van der Waals surface area contributed by atoms with Gasteiger partial charge in [-0.05, 0) is 42.8 Å². The lowest BCUT2D eigenvalue weighted by molar-refractivity contribution is 0.0556. The third-order valence-electron chi connectivity index (χ3n) is 5.60. The quantitative estimate of drug-likeness (QED) is 0.699. The molecule has 0 N–H and O–H groups in total. The van der Waals surface area contributed by atoms with Crippen molar-refractivity contribution in [1.29, 1.82) is 0 Å². The van der Waals surface area contributed by atoms with E-state index in [1.165, 1.54) is 9.75 Å². The number of aromatic nitrogens is 2. The fourth-order valence-corrected chi connectivity index (χ4v) is 5.32. The molecular formula is C21H22N4OS. The van der Waals surface area contributed by atoms with Crippen LogP contribution in [0.2, 0.25) is 0 Å². The van der Waals surface area contributed by atoms with Crippen molar-refractivity contribution in [2.24, 2.45) is 0 Å². The van der Waals surface area contributed by atoms with Crippen LogP contribution in [-0.4, -0.2) is 44.4 Å². The fourth-order valence-electron chi connectivity index (χ4n) is 4.39. The van der Waals surface area contributed by atoms with Gasteiger partial charge >= 0.3 is 0 Å². The van der Waals surface area contributed by atoms with Crippen LogP contribution >= 0.6 is 11.3 Å². The summed E-state index contributed by atoms with van der Waals surface area (Å²) in [7, 11) is 0. The second-order valence-corrected chi connectivity index (χ2v) is 8.81. The normalized spacial score (nSPS) is 22.1. The van der Waals surface area contributed by atoms with E-state index in [1.54, 1.807) is 6.20 Å². The Labute approximate surface area is 162 Å². The van der Waals surface area contributed by atoms with Crippen molar-refractivity contribution in [2.75, 3.05) is 13.1 Å². The second-order valence-electron chi connectivity index (χ2n) is 7.44. The lowest BCUT2D eigenvalue weighted by atomic mass is 10.0. The predicted molar refractivity (Wildman–Crippen MR) is 106 cm³/mol. The number of hydrogen-bond acceptors (Lipinski definition) is 4. The summed E-state index contributed by atoms with van der Waals surface area (Å²) in [5, 5.41) is 0. The van der Waals surface area contributed by atoms with Gasteiger partial charge in [0.2, 0.25) is 0 Å². The molecular weight excluding hydrogens is 356 g/mol. The van der Waals surface area contributed by atoms with Crippen LogP contribution in [0.5, 0.6) is 0 Å². The molecule has 2 aliphatic rings. The molecule has 0 aliphatic carbocycles. The fraction of sp³-hybridized carbons (Fsp3) is 0.333. The maximum atomic E-state index is 13.2. The van der Waals surface area contributed by atoms with Crippen molar-refractivity contribution < 1.29 is 4.79 Å². The third-order valence-corrected chi connectivity index (χ3v) is 6.59. The lowest BCUT2D eigenvalue weighted by Gasteiger charge is -2.38. The van der Waals surface area contributed by atoms with Gasteiger partial charge in [-0.2, -0.15) is 0 Å². The average Bonchev–Trinajstić information content (AvgIpc) is 3.39. The Balaban J connectivity index is 1.43. The number of rotatable bonds is 4. The van der Waals surface area contributed by atoms with E-state index in [0.29, 0.717) is 12.6 Å². The highest BCUT2D eigenvalue weighted by atomic mass is 32.1. The monoisotopic (exact) mass is 378 g/mol. The Morgan fingerprint density at radius 2 is 2.00 bits per heavy atom. The Morgan fingerprint density at radius 3 is 2.78 bits per heavy atom. The van der Waals surface area contributed by atoms with Gasteiger partial charge < -0.3 is 9.47 Å². The van der Waals surface area contributed by atoms with Gasteiger partial charge in [0, 0.05) is 54.5 Å². The van der Waals surface area contributed by atoms with E-state index in [4.69, 9.17) is 0 Å². The molecule has 0 saturated carbocycles. The summed E-state index contributed by atoms with van der Waals surface area (Å²) in [5.41, 5.74) is 1.88. The lowest BCUT2D eigenvalue weighted by Crippen LogP contribution is -2.49. The van der Waals surface area contributed by atoms with Gasteiger partial charge in [-0.15, -0.1) is 11.3 Å². The molecule has 2 aliphatic heterocycles. The molecule has 0 aromatic carbocycles. The van der Waals surface area contributed by atoms with Gasteiger partial charge in [0.1, 0.15) is 5.69 Å². The minimum atomic E-state index is 0.124. The predicted octanol–water partition coefficient (Wildman–Crippen LogP) is 3.33. The van der Waals surface area contributed by atoms with Crippen LogP contribution < -0.4 is 0 Å². The van der Waals surface area contributed by atoms with Crippen LogP contribution in [0, 0.1) is 6.92 Å². The first-order valence-corrected chi connectivity index (χ1v) is 10.1. The van der Waals surface area contributed by atoms with Crippen molar-refractivity contribution in [3.05, 3.63) is 76.0 Å². The summed E-state index contributed by atoms with van der Waals surface area (Å²) >= 11 is 1.86. The van der Waals surface area contributed by atoms with Crippen LogP contribution in [0.25, 0.3) is 0 Å². The summed E-state index contributed by atoms with van der Waals surface area (Å²) in [6, 6.07) is 12.8. The minimum absolute atomic E-state index is 0.124. The minimum Gasteiger partial charge on any atom is -0.337 e. The van der Waals surface area contributed by atoms with Gasteiger partial charge in [0.25, 0.3) is 5.91 Å². The first-order chi connectivity index (χ1) is 13.2. The first kappa shape index (κ1) is 16.7. The number of thiophene rings is 1. The van der Waals surface area contributed by atoms with E-state index in [9.17, 15) is 4.79 Å². The topological polar surface area (TPSA) is 41.4 Å². The molecule has 3 aromatic rings. The largest absolute Gasteiger partial charge is 0.337 e. The van der Waals surface area contributed by atoms with E-state index in [0.717, 1.165) is 30.9 Å². The standard InChI is InChI=1S/C21H22N4OS/c1-15-6-7-17(27-15)12-23-13-19-20(14-23)25(11-16-4-2-8-22-10-16)21(26)18-5-3-9-24(18)19/h2-10,19-20H,11-14H2,1H3. The maximum Gasteiger partial charge on any atom is 0.271 e. The maximum absolute atomic E-state index is 13.2. The van der Waals surface area contributed by atoms with E-state index in [-0.39, 0.29) is 11.9 Å². The molecule has 138 valence electrons. The molecule has 0 bridgehead atoms. The zero-order valence-corrected chi connectivity index (χ0v) is 16.1. The Kier molecular flexibility index (Phi) is 4.10. The number of pyridine rings is 1. The van der Waals surface area contributed by atoms with Gasteiger partial charge in [-0.3, -0.25) is 14.7 Å². The summed E-state index contributed by atoms with van der Waals surface area (Å²) < 4.78 is 2.19. The van der Waals surface area contributed by atoms with Crippen molar-refractivity contribution in [2.45, 2.75) is 32.1 Å². The number of fused-ring (bicyclic) bond motifs is 3. The molecule has 3 aromatic heterocycles. The van der Waals surface area contributed by atoms with Crippen LogP contribution in [0.15, 0.2) is 55.0 Å². The highest BCUT2D eigenvalue weighted by Gasteiger charge is 2.44. The molecule has 0 spiro atoms. The van der Waals surface area contributed by atoms with Crippen LogP contribution in [-0.2, 0) is 13.1 Å². The molecule has 0 radical (unpaired) electrons. The summed E-state index contributed by atoms with van der Waals surface area (Å²) in [5.74, 6) is 0.124. The molecule has 5 nitrogen and oxygen atoms in total. The number of amides is 1. The van der Waals surface area contributed by atoms with E-state index in [1.807, 2.05) is 41.8 Å².